The lowest BCUT2D eigenvalue weighted by atomic mass is 10.1. The number of aromatic nitrogens is 2. The molecule has 5 heteroatoms. The molecule has 0 amide bonds. The molecule has 0 aliphatic rings. The number of halogens is 1. The number of nitrogens with zero attached hydrogens (tertiary/aromatic N) is 4. The second kappa shape index (κ2) is 6.68. The van der Waals surface area contributed by atoms with Crippen LogP contribution in [0.5, 0.6) is 0 Å². The first-order chi connectivity index (χ1) is 9.58. The van der Waals surface area contributed by atoms with Gasteiger partial charge in [-0.05, 0) is 37.3 Å². The molecule has 1 heterocycles. The number of anilines is 1. The molecule has 0 spiro atoms. The fourth-order valence-corrected chi connectivity index (χ4v) is 2.28. The zero-order valence-electron chi connectivity index (χ0n) is 12.0. The molecule has 0 saturated heterocycles. The van der Waals surface area contributed by atoms with Gasteiger partial charge in [0.2, 0.25) is 5.28 Å². The Morgan fingerprint density at radius 3 is 2.40 bits per heavy atom. The monoisotopic (exact) mass is 290 g/mol. The first-order valence-corrected chi connectivity index (χ1v) is 6.87. The molecular weight excluding hydrogens is 272 g/mol. The van der Waals surface area contributed by atoms with Crippen molar-refractivity contribution >= 4 is 17.4 Å². The van der Waals surface area contributed by atoms with Crippen LogP contribution in [-0.2, 0) is 0 Å². The molecule has 0 aliphatic heterocycles. The van der Waals surface area contributed by atoms with Crippen molar-refractivity contribution in [3.05, 3.63) is 53.4 Å². The maximum absolute atomic E-state index is 5.85. The Morgan fingerprint density at radius 1 is 1.10 bits per heavy atom. The van der Waals surface area contributed by atoms with Crippen molar-refractivity contribution < 1.29 is 0 Å². The van der Waals surface area contributed by atoms with Crippen molar-refractivity contribution in [2.45, 2.75) is 6.04 Å². The van der Waals surface area contributed by atoms with E-state index in [4.69, 9.17) is 11.6 Å². The maximum atomic E-state index is 5.85. The molecule has 1 aromatic carbocycles. The zero-order chi connectivity index (χ0) is 14.5. The summed E-state index contributed by atoms with van der Waals surface area (Å²) in [6.07, 6.45) is 1.67. The number of hydrogen-bond donors (Lipinski definition) is 0. The molecule has 2 aromatic rings. The fraction of sp³-hybridized carbons (Fsp3) is 0.333. The average Bonchev–Trinajstić information content (AvgIpc) is 2.45. The van der Waals surface area contributed by atoms with Gasteiger partial charge < -0.3 is 9.80 Å². The van der Waals surface area contributed by atoms with E-state index in [9.17, 15) is 0 Å². The molecule has 0 radical (unpaired) electrons. The van der Waals surface area contributed by atoms with Gasteiger partial charge in [0.15, 0.2) is 0 Å². The average molecular weight is 291 g/mol. The van der Waals surface area contributed by atoms with Gasteiger partial charge in [-0.1, -0.05) is 30.3 Å². The summed E-state index contributed by atoms with van der Waals surface area (Å²) in [4.78, 5) is 12.4. The van der Waals surface area contributed by atoms with E-state index in [1.54, 1.807) is 6.20 Å². The third-order valence-corrected chi connectivity index (χ3v) is 3.44. The van der Waals surface area contributed by atoms with Crippen molar-refractivity contribution in [1.82, 2.24) is 14.9 Å². The van der Waals surface area contributed by atoms with E-state index in [-0.39, 0.29) is 11.3 Å². The standard InChI is InChI=1S/C15H19ClN4/c1-19(2)13(12-7-5-4-6-8-12)11-20(3)14-9-10-17-15(16)18-14/h4-10,13H,11H2,1-3H3/t13-/m0/s1. The van der Waals surface area contributed by atoms with E-state index in [1.807, 2.05) is 19.2 Å². The summed E-state index contributed by atoms with van der Waals surface area (Å²) in [5.41, 5.74) is 1.28. The van der Waals surface area contributed by atoms with Crippen molar-refractivity contribution in [1.29, 1.82) is 0 Å². The van der Waals surface area contributed by atoms with Gasteiger partial charge in [0, 0.05) is 19.8 Å². The SMILES string of the molecule is CN(C[C@@H](c1ccccc1)N(C)C)c1ccnc(Cl)n1. The molecule has 0 fully saturated rings. The molecule has 1 atom stereocenters. The van der Waals surface area contributed by atoms with Gasteiger partial charge in [0.05, 0.1) is 6.04 Å². The molecule has 106 valence electrons. The number of likely N-dealkylation sites (N-methyl/N-ethyl adjacent to an activating group) is 2. The number of rotatable bonds is 5. The van der Waals surface area contributed by atoms with Crippen LogP contribution in [0.25, 0.3) is 0 Å². The van der Waals surface area contributed by atoms with E-state index in [0.29, 0.717) is 0 Å². The summed E-state index contributed by atoms with van der Waals surface area (Å²) >= 11 is 5.85. The maximum Gasteiger partial charge on any atom is 0.224 e. The van der Waals surface area contributed by atoms with Crippen LogP contribution in [-0.4, -0.2) is 42.6 Å². The molecular formula is C15H19ClN4. The summed E-state index contributed by atoms with van der Waals surface area (Å²) in [5.74, 6) is 0.827. The summed E-state index contributed by atoms with van der Waals surface area (Å²) in [6.45, 7) is 0.824. The highest BCUT2D eigenvalue weighted by atomic mass is 35.5. The highest BCUT2D eigenvalue weighted by Crippen LogP contribution is 2.21. The quantitative estimate of drug-likeness (QED) is 0.793. The van der Waals surface area contributed by atoms with Crippen LogP contribution in [0.1, 0.15) is 11.6 Å². The van der Waals surface area contributed by atoms with E-state index >= 15 is 0 Å². The molecule has 0 aliphatic carbocycles. The largest absolute Gasteiger partial charge is 0.358 e. The summed E-state index contributed by atoms with van der Waals surface area (Å²) in [5, 5.41) is 0.274. The lowest BCUT2D eigenvalue weighted by Gasteiger charge is -2.30. The Hall–Kier alpha value is -1.65. The second-order valence-electron chi connectivity index (χ2n) is 4.95. The van der Waals surface area contributed by atoms with Gasteiger partial charge in [-0.2, -0.15) is 0 Å². The smallest absolute Gasteiger partial charge is 0.224 e. The van der Waals surface area contributed by atoms with Crippen LogP contribution in [0, 0.1) is 0 Å². The van der Waals surface area contributed by atoms with Gasteiger partial charge in [-0.15, -0.1) is 0 Å². The van der Waals surface area contributed by atoms with Crippen LogP contribution < -0.4 is 4.90 Å². The Labute approximate surface area is 125 Å². The second-order valence-corrected chi connectivity index (χ2v) is 5.29. The Balaban J connectivity index is 2.17. The van der Waals surface area contributed by atoms with E-state index < -0.39 is 0 Å². The van der Waals surface area contributed by atoms with Crippen LogP contribution in [0.3, 0.4) is 0 Å². The van der Waals surface area contributed by atoms with Crippen molar-refractivity contribution in [2.75, 3.05) is 32.6 Å². The lowest BCUT2D eigenvalue weighted by Crippen LogP contribution is -2.32. The Bertz CT molecular complexity index is 545. The van der Waals surface area contributed by atoms with Crippen molar-refractivity contribution in [3.8, 4) is 0 Å². The van der Waals surface area contributed by atoms with E-state index in [2.05, 4.69) is 58.1 Å². The molecule has 0 saturated carbocycles. The summed E-state index contributed by atoms with van der Waals surface area (Å²) in [6, 6.07) is 12.6. The van der Waals surface area contributed by atoms with E-state index in [0.717, 1.165) is 12.4 Å². The van der Waals surface area contributed by atoms with Crippen LogP contribution >= 0.6 is 11.6 Å². The first kappa shape index (κ1) is 14.8. The molecule has 2 rings (SSSR count). The van der Waals surface area contributed by atoms with Crippen LogP contribution in [0.2, 0.25) is 5.28 Å². The van der Waals surface area contributed by atoms with Gasteiger partial charge >= 0.3 is 0 Å². The lowest BCUT2D eigenvalue weighted by molar-refractivity contribution is 0.303. The minimum Gasteiger partial charge on any atom is -0.358 e. The van der Waals surface area contributed by atoms with Gasteiger partial charge in [0.25, 0.3) is 0 Å². The summed E-state index contributed by atoms with van der Waals surface area (Å²) in [7, 11) is 6.18. The van der Waals surface area contributed by atoms with Gasteiger partial charge in [-0.3, -0.25) is 0 Å². The predicted octanol–water partition coefficient (Wildman–Crippen LogP) is 2.87. The minimum atomic E-state index is 0.274. The molecule has 0 bridgehead atoms. The van der Waals surface area contributed by atoms with Crippen molar-refractivity contribution in [2.24, 2.45) is 0 Å². The third kappa shape index (κ3) is 3.68. The highest BCUT2D eigenvalue weighted by Gasteiger charge is 2.17. The molecule has 0 N–H and O–H groups in total. The molecule has 20 heavy (non-hydrogen) atoms. The molecule has 0 unspecified atom stereocenters. The van der Waals surface area contributed by atoms with Crippen LogP contribution in [0.4, 0.5) is 5.82 Å². The minimum absolute atomic E-state index is 0.274. The number of hydrogen-bond acceptors (Lipinski definition) is 4. The number of benzene rings is 1. The Morgan fingerprint density at radius 2 is 1.80 bits per heavy atom. The zero-order valence-corrected chi connectivity index (χ0v) is 12.7. The van der Waals surface area contributed by atoms with Gasteiger partial charge in [-0.25, -0.2) is 9.97 Å². The third-order valence-electron chi connectivity index (χ3n) is 3.26. The predicted molar refractivity (Wildman–Crippen MR) is 83.2 cm³/mol. The first-order valence-electron chi connectivity index (χ1n) is 6.49. The summed E-state index contributed by atoms with van der Waals surface area (Å²) < 4.78 is 0. The van der Waals surface area contributed by atoms with Crippen LogP contribution in [0.15, 0.2) is 42.6 Å². The molecule has 4 nitrogen and oxygen atoms in total. The van der Waals surface area contributed by atoms with Gasteiger partial charge in [0.1, 0.15) is 5.82 Å². The van der Waals surface area contributed by atoms with Crippen molar-refractivity contribution in [3.63, 3.8) is 0 Å². The Kier molecular flexibility index (Phi) is 4.93. The fourth-order valence-electron chi connectivity index (χ4n) is 2.13. The van der Waals surface area contributed by atoms with E-state index in [1.165, 1.54) is 5.56 Å². The normalized spacial score (nSPS) is 12.4. The molecule has 1 aromatic heterocycles. The highest BCUT2D eigenvalue weighted by molar-refractivity contribution is 6.28. The topological polar surface area (TPSA) is 32.3 Å².